The lowest BCUT2D eigenvalue weighted by Gasteiger charge is -2.60. The molecule has 1 fully saturated rings. The third-order valence-electron chi connectivity index (χ3n) is 10.0. The second-order valence-electron chi connectivity index (χ2n) is 12.4. The fraction of sp³-hybridized carbons (Fsp3) is 0.545. The maximum Gasteiger partial charge on any atom is 0.308 e. The molecule has 11 nitrogen and oxygen atoms in total. The molecule has 2 N–H and O–H groups in total. The lowest BCUT2D eigenvalue weighted by Crippen LogP contribution is -2.68. The van der Waals surface area contributed by atoms with Crippen LogP contribution in [-0.4, -0.2) is 72.4 Å². The van der Waals surface area contributed by atoms with Crippen molar-refractivity contribution in [3.05, 3.63) is 39.4 Å². The van der Waals surface area contributed by atoms with Crippen molar-refractivity contribution in [3.8, 4) is 34.8 Å². The van der Waals surface area contributed by atoms with Gasteiger partial charge in [-0.15, -0.1) is 0 Å². The van der Waals surface area contributed by atoms with E-state index in [2.05, 4.69) is 27.3 Å². The monoisotopic (exact) mass is 604 g/mol. The highest BCUT2D eigenvalue weighted by Crippen LogP contribution is 2.58. The number of phenols is 1. The Labute approximate surface area is 257 Å². The number of ether oxygens (including phenoxy) is 4. The Morgan fingerprint density at radius 1 is 1.18 bits per heavy atom. The number of benzene rings is 2. The van der Waals surface area contributed by atoms with Crippen LogP contribution in [0.2, 0.25) is 0 Å². The van der Waals surface area contributed by atoms with E-state index in [4.69, 9.17) is 18.9 Å². The molecule has 6 rings (SSSR count). The molecule has 2 aromatic rings. The number of carbonyl (C=O) groups is 2. The second-order valence-corrected chi connectivity index (χ2v) is 12.4. The molecule has 234 valence electrons. The van der Waals surface area contributed by atoms with Crippen LogP contribution >= 0.6 is 0 Å². The van der Waals surface area contributed by atoms with Crippen molar-refractivity contribution in [2.24, 2.45) is 5.92 Å². The van der Waals surface area contributed by atoms with E-state index in [1.54, 1.807) is 7.11 Å². The molecule has 0 saturated carbocycles. The number of piperazine rings is 1. The lowest BCUT2D eigenvalue weighted by molar-refractivity contribution is -0.132. The SMILES string of the molecule is CCC(C)C(=O)NCC1c2c(c(OC(C)=O)c(C)c3c2OCO3)C[C@H]2C3c4c(cc(C)c(OC)c4O)CC([C@H](C#N)N12)N3C. The van der Waals surface area contributed by atoms with Crippen LogP contribution < -0.4 is 24.3 Å². The third-order valence-corrected chi connectivity index (χ3v) is 10.0. The van der Waals surface area contributed by atoms with Crippen molar-refractivity contribution in [2.45, 2.75) is 84.1 Å². The molecule has 1 amide bonds. The van der Waals surface area contributed by atoms with Gasteiger partial charge >= 0.3 is 5.97 Å². The third kappa shape index (κ3) is 4.38. The highest BCUT2D eigenvalue weighted by Gasteiger charge is 2.56. The molecule has 4 heterocycles. The molecule has 0 spiro atoms. The Kier molecular flexibility index (Phi) is 7.62. The first-order chi connectivity index (χ1) is 21.0. The minimum absolute atomic E-state index is 0.0115. The number of aryl methyl sites for hydroxylation is 1. The van der Waals surface area contributed by atoms with Crippen molar-refractivity contribution in [3.63, 3.8) is 0 Å². The van der Waals surface area contributed by atoms with Crippen molar-refractivity contribution >= 4 is 11.9 Å². The van der Waals surface area contributed by atoms with E-state index in [-0.39, 0.29) is 49.0 Å². The molecule has 11 heteroatoms. The molecule has 6 atom stereocenters. The number of phenolic OH excluding ortho intramolecular Hbond substituents is 1. The fourth-order valence-corrected chi connectivity index (χ4v) is 7.87. The highest BCUT2D eigenvalue weighted by molar-refractivity contribution is 5.78. The summed E-state index contributed by atoms with van der Waals surface area (Å²) in [5, 5.41) is 25.6. The van der Waals surface area contributed by atoms with E-state index >= 15 is 0 Å². The zero-order valence-corrected chi connectivity index (χ0v) is 26.3. The van der Waals surface area contributed by atoms with Gasteiger partial charge in [-0.3, -0.25) is 19.4 Å². The fourth-order valence-electron chi connectivity index (χ4n) is 7.87. The first kappa shape index (κ1) is 30.0. The van der Waals surface area contributed by atoms with Gasteiger partial charge in [-0.1, -0.05) is 19.9 Å². The van der Waals surface area contributed by atoms with E-state index < -0.39 is 18.1 Å². The van der Waals surface area contributed by atoms with Gasteiger partial charge in [0.1, 0.15) is 11.8 Å². The van der Waals surface area contributed by atoms with Crippen LogP contribution in [0.3, 0.4) is 0 Å². The van der Waals surface area contributed by atoms with Crippen molar-refractivity contribution in [1.82, 2.24) is 15.1 Å². The van der Waals surface area contributed by atoms with Gasteiger partial charge in [-0.25, -0.2) is 0 Å². The molecule has 1 saturated heterocycles. The molecule has 2 bridgehead atoms. The predicted molar refractivity (Wildman–Crippen MR) is 160 cm³/mol. The number of methoxy groups -OCH3 is 1. The van der Waals surface area contributed by atoms with Crippen LogP contribution in [0.1, 0.15) is 72.7 Å². The quantitative estimate of drug-likeness (QED) is 0.372. The number of nitriles is 1. The molecule has 0 aliphatic carbocycles. The number of amides is 1. The standard InChI is InChI=1S/C33H40N4O7/c1-8-15(2)33(40)35-13-24-26-20(30(44-18(5)38)17(4)31-32(26)43-14-42-31)11-22-27-25-19(9-16(3)29(41-7)28(25)39)10-21(36(27)6)23(12-34)37(22)24/h9,15,21-24,27,39H,8,10-11,13-14H2,1-7H3,(H,35,40)/t15?,21?,22-,23-,24?,27?/m0/s1. The second kappa shape index (κ2) is 11.2. The van der Waals surface area contributed by atoms with Crippen molar-refractivity contribution in [2.75, 3.05) is 27.5 Å². The molecule has 4 aliphatic heterocycles. The Morgan fingerprint density at radius 2 is 1.91 bits per heavy atom. The predicted octanol–water partition coefficient (Wildman–Crippen LogP) is 3.61. The van der Waals surface area contributed by atoms with E-state index in [1.807, 2.05) is 34.7 Å². The molecule has 0 radical (unpaired) electrons. The number of nitrogens with zero attached hydrogens (tertiary/aromatic N) is 3. The molecule has 0 aromatic heterocycles. The smallest absolute Gasteiger partial charge is 0.308 e. The van der Waals surface area contributed by atoms with E-state index in [0.29, 0.717) is 47.8 Å². The van der Waals surface area contributed by atoms with E-state index in [0.717, 1.165) is 27.8 Å². The number of aromatic hydroxyl groups is 1. The van der Waals surface area contributed by atoms with Gasteiger partial charge in [0.25, 0.3) is 0 Å². The van der Waals surface area contributed by atoms with Gasteiger partial charge in [-0.2, -0.15) is 5.26 Å². The van der Waals surface area contributed by atoms with Gasteiger partial charge < -0.3 is 29.4 Å². The number of esters is 1. The average Bonchev–Trinajstić information content (AvgIpc) is 3.48. The summed E-state index contributed by atoms with van der Waals surface area (Å²) in [5.74, 6) is 1.26. The number of hydrogen-bond donors (Lipinski definition) is 2. The molecule has 4 aliphatic rings. The maximum absolute atomic E-state index is 13.1. The Hall–Kier alpha value is -4.01. The van der Waals surface area contributed by atoms with Gasteiger partial charge in [0.15, 0.2) is 23.0 Å². The largest absolute Gasteiger partial charge is 0.504 e. The number of hydrogen-bond acceptors (Lipinski definition) is 10. The zero-order chi connectivity index (χ0) is 31.6. The maximum atomic E-state index is 13.1. The zero-order valence-electron chi connectivity index (χ0n) is 26.3. The van der Waals surface area contributed by atoms with Crippen LogP contribution in [0.4, 0.5) is 0 Å². The van der Waals surface area contributed by atoms with Gasteiger partial charge in [-0.05, 0) is 51.3 Å². The number of carbonyl (C=O) groups excluding carboxylic acids is 2. The molecule has 2 aromatic carbocycles. The summed E-state index contributed by atoms with van der Waals surface area (Å²) in [6, 6.07) is 2.78. The first-order valence-electron chi connectivity index (χ1n) is 15.2. The summed E-state index contributed by atoms with van der Waals surface area (Å²) in [6.45, 7) is 9.19. The van der Waals surface area contributed by atoms with Crippen LogP contribution in [-0.2, 0) is 22.4 Å². The minimum Gasteiger partial charge on any atom is -0.504 e. The summed E-state index contributed by atoms with van der Waals surface area (Å²) >= 11 is 0. The summed E-state index contributed by atoms with van der Waals surface area (Å²) in [7, 11) is 3.55. The summed E-state index contributed by atoms with van der Waals surface area (Å²) < 4.78 is 23.5. The topological polar surface area (TPSA) is 134 Å². The van der Waals surface area contributed by atoms with Gasteiger partial charge in [0, 0.05) is 53.7 Å². The summed E-state index contributed by atoms with van der Waals surface area (Å²) in [6.07, 6.45) is 1.65. The van der Waals surface area contributed by atoms with Gasteiger partial charge in [0.05, 0.1) is 25.3 Å². The molecule has 44 heavy (non-hydrogen) atoms. The summed E-state index contributed by atoms with van der Waals surface area (Å²) in [4.78, 5) is 29.9. The Bertz CT molecular complexity index is 1580. The number of rotatable bonds is 6. The van der Waals surface area contributed by atoms with Crippen LogP contribution in [0.15, 0.2) is 6.07 Å². The van der Waals surface area contributed by atoms with Crippen molar-refractivity contribution < 1.29 is 33.6 Å². The van der Waals surface area contributed by atoms with Crippen LogP contribution in [0.25, 0.3) is 0 Å². The van der Waals surface area contributed by atoms with Crippen LogP contribution in [0, 0.1) is 31.1 Å². The Balaban J connectivity index is 1.60. The Morgan fingerprint density at radius 3 is 2.57 bits per heavy atom. The van der Waals surface area contributed by atoms with Crippen LogP contribution in [0.5, 0.6) is 28.7 Å². The van der Waals surface area contributed by atoms with E-state index in [9.17, 15) is 20.0 Å². The number of nitrogens with one attached hydrogen (secondary N) is 1. The van der Waals surface area contributed by atoms with Crippen molar-refractivity contribution in [1.29, 1.82) is 5.26 Å². The van der Waals surface area contributed by atoms with Gasteiger partial charge in [0.2, 0.25) is 12.7 Å². The number of fused-ring (bicyclic) bond motifs is 9. The first-order valence-corrected chi connectivity index (χ1v) is 15.2. The van der Waals surface area contributed by atoms with E-state index in [1.165, 1.54) is 6.92 Å². The molecular formula is C33H40N4O7. The number of likely N-dealkylation sites (N-methyl/N-ethyl adjacent to an activating group) is 1. The lowest BCUT2D eigenvalue weighted by atomic mass is 9.71. The molecule has 4 unspecified atom stereocenters. The molecular weight excluding hydrogens is 564 g/mol. The normalized spacial score (nSPS) is 25.6. The average molecular weight is 605 g/mol. The highest BCUT2D eigenvalue weighted by atomic mass is 16.7. The minimum atomic E-state index is -0.547. The summed E-state index contributed by atoms with van der Waals surface area (Å²) in [5.41, 5.74) is 4.79.